The molecule has 0 bridgehead atoms. The average Bonchev–Trinajstić information content (AvgIpc) is 2.33. The topological polar surface area (TPSA) is 91.8 Å². The van der Waals surface area contributed by atoms with E-state index in [1.807, 2.05) is 0 Å². The lowest BCUT2D eigenvalue weighted by Gasteiger charge is -2.20. The van der Waals surface area contributed by atoms with Gasteiger partial charge in [0, 0.05) is 0 Å². The average molecular weight is 286 g/mol. The number of nitrogens with zero attached hydrogens (tertiary/aromatic N) is 2. The zero-order valence-electron chi connectivity index (χ0n) is 10.8. The van der Waals surface area contributed by atoms with E-state index in [2.05, 4.69) is 10.3 Å². The number of nitriles is 1. The fourth-order valence-corrected chi connectivity index (χ4v) is 1.53. The van der Waals surface area contributed by atoms with Crippen LogP contribution in [-0.4, -0.2) is 16.9 Å². The van der Waals surface area contributed by atoms with Gasteiger partial charge in [-0.2, -0.15) is 18.4 Å². The van der Waals surface area contributed by atoms with Crippen LogP contribution in [0.15, 0.2) is 12.1 Å². The first-order chi connectivity index (χ1) is 9.16. The molecule has 0 aromatic carbocycles. The molecular formula is C12H13F3N4O. The number of carbonyl (C=O) groups excluding carboxylic acids is 1. The third-order valence-electron chi connectivity index (χ3n) is 2.57. The molecule has 108 valence electrons. The molecule has 1 amide bonds. The van der Waals surface area contributed by atoms with Crippen LogP contribution in [0.25, 0.3) is 0 Å². The molecule has 20 heavy (non-hydrogen) atoms. The molecule has 1 aromatic heterocycles. The Kier molecular flexibility index (Phi) is 4.55. The number of amides is 1. The van der Waals surface area contributed by atoms with Crippen LogP contribution in [0, 0.1) is 17.2 Å². The summed E-state index contributed by atoms with van der Waals surface area (Å²) < 4.78 is 37.8. The summed E-state index contributed by atoms with van der Waals surface area (Å²) in [5, 5.41) is 11.4. The van der Waals surface area contributed by atoms with E-state index >= 15 is 0 Å². The van der Waals surface area contributed by atoms with Gasteiger partial charge in [0.1, 0.15) is 23.6 Å². The standard InChI is InChI=1S/C12H13F3N4O/c1-6(2)9(10(17)20)19-11-7(5-16)3-4-8(18-11)12(13,14)15/h3-4,6,9H,1-2H3,(H2,17,20)(H,18,19). The van der Waals surface area contributed by atoms with Gasteiger partial charge in [0.15, 0.2) is 0 Å². The predicted molar refractivity (Wildman–Crippen MR) is 65.4 cm³/mol. The number of anilines is 1. The second-order valence-corrected chi connectivity index (χ2v) is 4.47. The molecule has 0 fully saturated rings. The molecule has 0 aliphatic heterocycles. The molecular weight excluding hydrogens is 273 g/mol. The molecule has 0 radical (unpaired) electrons. The van der Waals surface area contributed by atoms with E-state index in [-0.39, 0.29) is 17.3 Å². The summed E-state index contributed by atoms with van der Waals surface area (Å²) in [4.78, 5) is 14.6. The maximum Gasteiger partial charge on any atom is 0.433 e. The van der Waals surface area contributed by atoms with E-state index in [1.165, 1.54) is 0 Å². The number of alkyl halides is 3. The quantitative estimate of drug-likeness (QED) is 0.884. The smallest absolute Gasteiger partial charge is 0.368 e. The van der Waals surface area contributed by atoms with E-state index in [0.717, 1.165) is 6.07 Å². The van der Waals surface area contributed by atoms with Gasteiger partial charge in [-0.25, -0.2) is 4.98 Å². The normalized spacial score (nSPS) is 12.8. The number of carbonyl (C=O) groups is 1. The van der Waals surface area contributed by atoms with Crippen LogP contribution in [0.2, 0.25) is 0 Å². The lowest BCUT2D eigenvalue weighted by Crippen LogP contribution is -2.40. The Bertz CT molecular complexity index is 549. The van der Waals surface area contributed by atoms with Crippen LogP contribution in [0.4, 0.5) is 19.0 Å². The highest BCUT2D eigenvalue weighted by atomic mass is 19.4. The Morgan fingerprint density at radius 3 is 2.45 bits per heavy atom. The Morgan fingerprint density at radius 2 is 2.05 bits per heavy atom. The van der Waals surface area contributed by atoms with Crippen molar-refractivity contribution in [3.63, 3.8) is 0 Å². The van der Waals surface area contributed by atoms with Gasteiger partial charge in [-0.3, -0.25) is 4.79 Å². The summed E-state index contributed by atoms with van der Waals surface area (Å²) in [6.07, 6.45) is -4.63. The highest BCUT2D eigenvalue weighted by molar-refractivity contribution is 5.83. The van der Waals surface area contributed by atoms with E-state index < -0.39 is 23.8 Å². The third-order valence-corrected chi connectivity index (χ3v) is 2.57. The molecule has 0 aliphatic carbocycles. The highest BCUT2D eigenvalue weighted by Crippen LogP contribution is 2.29. The Labute approximate surface area is 113 Å². The minimum atomic E-state index is -4.63. The molecule has 1 atom stereocenters. The summed E-state index contributed by atoms with van der Waals surface area (Å²) >= 11 is 0. The van der Waals surface area contributed by atoms with E-state index in [4.69, 9.17) is 11.0 Å². The van der Waals surface area contributed by atoms with E-state index in [0.29, 0.717) is 6.07 Å². The maximum absolute atomic E-state index is 12.6. The van der Waals surface area contributed by atoms with Gasteiger partial charge in [-0.15, -0.1) is 0 Å². The number of hydrogen-bond donors (Lipinski definition) is 2. The molecule has 8 heteroatoms. The van der Waals surface area contributed by atoms with Crippen molar-refractivity contribution in [2.75, 3.05) is 5.32 Å². The van der Waals surface area contributed by atoms with Gasteiger partial charge in [0.2, 0.25) is 5.91 Å². The SMILES string of the molecule is CC(C)C(Nc1nc(C(F)(F)F)ccc1C#N)C(N)=O. The van der Waals surface area contributed by atoms with Crippen molar-refractivity contribution in [2.45, 2.75) is 26.1 Å². The van der Waals surface area contributed by atoms with Crippen molar-refractivity contribution in [1.29, 1.82) is 5.26 Å². The fraction of sp³-hybridized carbons (Fsp3) is 0.417. The van der Waals surface area contributed by atoms with Crippen LogP contribution < -0.4 is 11.1 Å². The van der Waals surface area contributed by atoms with E-state index in [9.17, 15) is 18.0 Å². The second kappa shape index (κ2) is 5.77. The molecule has 5 nitrogen and oxygen atoms in total. The molecule has 0 spiro atoms. The molecule has 0 saturated heterocycles. The minimum Gasteiger partial charge on any atom is -0.368 e. The zero-order valence-corrected chi connectivity index (χ0v) is 10.8. The van der Waals surface area contributed by atoms with Gasteiger partial charge in [0.05, 0.1) is 5.56 Å². The first kappa shape index (κ1) is 15.8. The molecule has 1 heterocycles. The van der Waals surface area contributed by atoms with Crippen molar-refractivity contribution >= 4 is 11.7 Å². The van der Waals surface area contributed by atoms with E-state index in [1.54, 1.807) is 19.9 Å². The van der Waals surface area contributed by atoms with Crippen LogP contribution in [0.1, 0.15) is 25.1 Å². The first-order valence-electron chi connectivity index (χ1n) is 5.71. The first-order valence-corrected chi connectivity index (χ1v) is 5.71. The highest BCUT2D eigenvalue weighted by Gasteiger charge is 2.33. The zero-order chi connectivity index (χ0) is 15.5. The number of primary amides is 1. The number of aromatic nitrogens is 1. The number of rotatable bonds is 4. The Hall–Kier alpha value is -2.30. The van der Waals surface area contributed by atoms with Crippen LogP contribution in [-0.2, 0) is 11.0 Å². The van der Waals surface area contributed by atoms with Crippen molar-refractivity contribution in [3.05, 3.63) is 23.4 Å². The maximum atomic E-state index is 12.6. The monoisotopic (exact) mass is 286 g/mol. The molecule has 1 rings (SSSR count). The number of hydrogen-bond acceptors (Lipinski definition) is 4. The van der Waals surface area contributed by atoms with Crippen molar-refractivity contribution in [3.8, 4) is 6.07 Å². The van der Waals surface area contributed by atoms with Crippen LogP contribution in [0.3, 0.4) is 0 Å². The van der Waals surface area contributed by atoms with Crippen molar-refractivity contribution in [1.82, 2.24) is 4.98 Å². The van der Waals surface area contributed by atoms with Gasteiger partial charge in [-0.1, -0.05) is 13.8 Å². The summed E-state index contributed by atoms with van der Waals surface area (Å²) in [5.74, 6) is -1.31. The lowest BCUT2D eigenvalue weighted by molar-refractivity contribution is -0.141. The fourth-order valence-electron chi connectivity index (χ4n) is 1.53. The molecule has 1 aromatic rings. The number of nitrogens with two attached hydrogens (primary N) is 1. The van der Waals surface area contributed by atoms with Gasteiger partial charge in [0.25, 0.3) is 0 Å². The molecule has 0 aliphatic rings. The second-order valence-electron chi connectivity index (χ2n) is 4.47. The predicted octanol–water partition coefficient (Wildman–Crippen LogP) is 1.89. The molecule has 1 unspecified atom stereocenters. The molecule has 3 N–H and O–H groups in total. The van der Waals surface area contributed by atoms with Gasteiger partial charge >= 0.3 is 6.18 Å². The number of nitrogens with one attached hydrogen (secondary N) is 1. The summed E-state index contributed by atoms with van der Waals surface area (Å²) in [5.41, 5.74) is 3.93. The van der Waals surface area contributed by atoms with Crippen molar-refractivity contribution in [2.24, 2.45) is 11.7 Å². The summed E-state index contributed by atoms with van der Waals surface area (Å²) in [6.45, 7) is 3.34. The molecule has 0 saturated carbocycles. The lowest BCUT2D eigenvalue weighted by atomic mass is 10.0. The Morgan fingerprint density at radius 1 is 1.45 bits per heavy atom. The van der Waals surface area contributed by atoms with Gasteiger partial charge < -0.3 is 11.1 Å². The summed E-state index contributed by atoms with van der Waals surface area (Å²) in [7, 11) is 0. The van der Waals surface area contributed by atoms with Crippen LogP contribution in [0.5, 0.6) is 0 Å². The number of halogens is 3. The van der Waals surface area contributed by atoms with Crippen LogP contribution >= 0.6 is 0 Å². The largest absolute Gasteiger partial charge is 0.433 e. The minimum absolute atomic E-state index is 0.0927. The summed E-state index contributed by atoms with van der Waals surface area (Å²) in [6, 6.07) is 2.50. The van der Waals surface area contributed by atoms with Gasteiger partial charge in [-0.05, 0) is 18.1 Å². The Balaban J connectivity index is 3.22. The number of pyridine rings is 1. The third kappa shape index (κ3) is 3.60. The van der Waals surface area contributed by atoms with Crippen molar-refractivity contribution < 1.29 is 18.0 Å².